The number of hydrogen-bond acceptors (Lipinski definition) is 4. The molecule has 16 heavy (non-hydrogen) atoms. The Hall–Kier alpha value is -1.15. The molecule has 1 aromatic rings. The summed E-state index contributed by atoms with van der Waals surface area (Å²) in [4.78, 5) is -0.189. The third-order valence-electron chi connectivity index (χ3n) is 1.97. The van der Waals surface area contributed by atoms with E-state index in [1.165, 1.54) is 25.5 Å². The number of nitriles is 1. The molecular formula is C9H11N2O3PS. The first-order valence-corrected chi connectivity index (χ1v) is 8.43. The van der Waals surface area contributed by atoms with Gasteiger partial charge in [-0.15, -0.1) is 0 Å². The summed E-state index contributed by atoms with van der Waals surface area (Å²) in [5.74, 6) is 0. The highest BCUT2D eigenvalue weighted by Crippen LogP contribution is 2.35. The van der Waals surface area contributed by atoms with Crippen LogP contribution >= 0.6 is 7.14 Å². The molecule has 2 N–H and O–H groups in total. The molecule has 0 aliphatic carbocycles. The van der Waals surface area contributed by atoms with Crippen molar-refractivity contribution in [2.45, 2.75) is 4.90 Å². The fourth-order valence-corrected chi connectivity index (χ4v) is 2.69. The first kappa shape index (κ1) is 12.9. The maximum atomic E-state index is 11.8. The van der Waals surface area contributed by atoms with Gasteiger partial charge in [0, 0.05) is 5.30 Å². The van der Waals surface area contributed by atoms with Crippen molar-refractivity contribution >= 4 is 22.5 Å². The average Bonchev–Trinajstić information content (AvgIpc) is 2.14. The minimum Gasteiger partial charge on any atom is -0.319 e. The second kappa shape index (κ2) is 4.02. The summed E-state index contributed by atoms with van der Waals surface area (Å²) in [7, 11) is -6.52. The predicted octanol–water partition coefficient (Wildman–Crippen LogP) is 0.454. The molecule has 0 bridgehead atoms. The Balaban J connectivity index is 3.59. The lowest BCUT2D eigenvalue weighted by Gasteiger charge is -2.09. The average molecular weight is 258 g/mol. The van der Waals surface area contributed by atoms with Gasteiger partial charge in [0.1, 0.15) is 7.14 Å². The molecule has 0 amide bonds. The zero-order valence-corrected chi connectivity index (χ0v) is 10.5. The van der Waals surface area contributed by atoms with E-state index in [4.69, 9.17) is 10.4 Å². The van der Waals surface area contributed by atoms with Gasteiger partial charge in [0.15, 0.2) is 0 Å². The summed E-state index contributed by atoms with van der Waals surface area (Å²) in [5.41, 5.74) is 0.130. The maximum Gasteiger partial charge on any atom is 0.238 e. The Morgan fingerprint density at radius 1 is 1.31 bits per heavy atom. The molecule has 0 atom stereocenters. The summed E-state index contributed by atoms with van der Waals surface area (Å²) in [6.45, 7) is 2.99. The topological polar surface area (TPSA) is 101 Å². The van der Waals surface area contributed by atoms with Crippen LogP contribution in [0.1, 0.15) is 5.56 Å². The fourth-order valence-electron chi connectivity index (χ4n) is 1.12. The quantitative estimate of drug-likeness (QED) is 0.778. The highest BCUT2D eigenvalue weighted by atomic mass is 32.2. The number of nitrogens with two attached hydrogens (primary N) is 1. The molecule has 0 radical (unpaired) electrons. The van der Waals surface area contributed by atoms with Crippen LogP contribution in [0.5, 0.6) is 0 Å². The van der Waals surface area contributed by atoms with E-state index in [-0.39, 0.29) is 10.5 Å². The van der Waals surface area contributed by atoms with E-state index in [2.05, 4.69) is 0 Å². The van der Waals surface area contributed by atoms with Gasteiger partial charge in [0.25, 0.3) is 0 Å². The number of primary sulfonamides is 1. The van der Waals surface area contributed by atoms with Crippen molar-refractivity contribution in [3.63, 3.8) is 0 Å². The Bertz CT molecular complexity index is 610. The molecular weight excluding hydrogens is 247 g/mol. The molecule has 86 valence electrons. The molecule has 1 aromatic carbocycles. The van der Waals surface area contributed by atoms with Crippen LogP contribution in [0.25, 0.3) is 0 Å². The maximum absolute atomic E-state index is 11.8. The molecule has 0 aliphatic rings. The van der Waals surface area contributed by atoms with Gasteiger partial charge < -0.3 is 4.57 Å². The standard InChI is InChI=1S/C9H11N2O3PS/c1-15(2,12)8-3-7(6-10)4-9(5-8)16(11,13)14/h3-5H,1-2H3,(H2,11,13,14). The van der Waals surface area contributed by atoms with Crippen LogP contribution in [0.2, 0.25) is 0 Å². The summed E-state index contributed by atoms with van der Waals surface area (Å²) in [5, 5.41) is 14.0. The minimum atomic E-state index is -3.89. The Kier molecular flexibility index (Phi) is 3.25. The number of rotatable bonds is 2. The summed E-state index contributed by atoms with van der Waals surface area (Å²) >= 11 is 0. The normalized spacial score (nSPS) is 12.1. The third-order valence-corrected chi connectivity index (χ3v) is 4.37. The van der Waals surface area contributed by atoms with E-state index >= 15 is 0 Å². The van der Waals surface area contributed by atoms with Gasteiger partial charge in [-0.2, -0.15) is 5.26 Å². The van der Waals surface area contributed by atoms with Crippen molar-refractivity contribution in [3.05, 3.63) is 23.8 Å². The van der Waals surface area contributed by atoms with Crippen molar-refractivity contribution in [1.29, 1.82) is 5.26 Å². The number of nitrogens with zero attached hydrogens (tertiary/aromatic N) is 1. The van der Waals surface area contributed by atoms with Gasteiger partial charge in [0.05, 0.1) is 16.5 Å². The monoisotopic (exact) mass is 258 g/mol. The van der Waals surface area contributed by atoms with E-state index in [0.717, 1.165) is 6.07 Å². The molecule has 0 saturated heterocycles. The van der Waals surface area contributed by atoms with Crippen molar-refractivity contribution in [1.82, 2.24) is 0 Å². The van der Waals surface area contributed by atoms with Crippen molar-refractivity contribution in [3.8, 4) is 6.07 Å². The molecule has 1 rings (SSSR count). The molecule has 0 unspecified atom stereocenters. The molecule has 0 saturated carbocycles. The molecule has 0 fully saturated rings. The smallest absolute Gasteiger partial charge is 0.238 e. The highest BCUT2D eigenvalue weighted by molar-refractivity contribution is 7.89. The van der Waals surface area contributed by atoms with Crippen LogP contribution in [0, 0.1) is 11.3 Å². The number of benzene rings is 1. The lowest BCUT2D eigenvalue weighted by Crippen LogP contribution is -2.15. The van der Waals surface area contributed by atoms with Crippen LogP contribution in [-0.4, -0.2) is 21.7 Å². The Morgan fingerprint density at radius 2 is 1.88 bits per heavy atom. The van der Waals surface area contributed by atoms with E-state index in [1.54, 1.807) is 0 Å². The van der Waals surface area contributed by atoms with E-state index < -0.39 is 17.2 Å². The van der Waals surface area contributed by atoms with E-state index in [9.17, 15) is 13.0 Å². The van der Waals surface area contributed by atoms with Crippen molar-refractivity contribution < 1.29 is 13.0 Å². The molecule has 0 aliphatic heterocycles. The van der Waals surface area contributed by atoms with Gasteiger partial charge in [-0.1, -0.05) is 0 Å². The second-order valence-corrected chi connectivity index (χ2v) is 8.50. The van der Waals surface area contributed by atoms with Crippen LogP contribution in [0.15, 0.2) is 23.1 Å². The predicted molar refractivity (Wildman–Crippen MR) is 61.6 cm³/mol. The molecule has 0 aromatic heterocycles. The van der Waals surface area contributed by atoms with Crippen molar-refractivity contribution in [2.75, 3.05) is 13.3 Å². The summed E-state index contributed by atoms with van der Waals surface area (Å²) in [6, 6.07) is 5.63. The number of hydrogen-bond donors (Lipinski definition) is 1. The first-order chi connectivity index (χ1) is 7.14. The highest BCUT2D eigenvalue weighted by Gasteiger charge is 2.17. The number of sulfonamides is 1. The van der Waals surface area contributed by atoms with E-state index in [1.807, 2.05) is 6.07 Å². The van der Waals surface area contributed by atoms with Gasteiger partial charge in [-0.25, -0.2) is 13.6 Å². The van der Waals surface area contributed by atoms with E-state index in [0.29, 0.717) is 5.30 Å². The van der Waals surface area contributed by atoms with Gasteiger partial charge in [-0.05, 0) is 31.5 Å². The van der Waals surface area contributed by atoms with Gasteiger partial charge in [-0.3, -0.25) is 0 Å². The minimum absolute atomic E-state index is 0.130. The first-order valence-electron chi connectivity index (χ1n) is 4.28. The van der Waals surface area contributed by atoms with Crippen LogP contribution in [0.4, 0.5) is 0 Å². The second-order valence-electron chi connectivity index (χ2n) is 3.72. The Labute approximate surface area is 94.3 Å². The summed E-state index contributed by atoms with van der Waals surface area (Å²) < 4.78 is 34.1. The van der Waals surface area contributed by atoms with Gasteiger partial charge >= 0.3 is 0 Å². The molecule has 0 spiro atoms. The summed E-state index contributed by atoms with van der Waals surface area (Å²) in [6.07, 6.45) is 0. The zero-order chi connectivity index (χ0) is 12.6. The van der Waals surface area contributed by atoms with Crippen LogP contribution in [-0.2, 0) is 14.6 Å². The molecule has 5 nitrogen and oxygen atoms in total. The lowest BCUT2D eigenvalue weighted by atomic mass is 10.2. The third kappa shape index (κ3) is 2.92. The lowest BCUT2D eigenvalue weighted by molar-refractivity contribution is 0.588. The van der Waals surface area contributed by atoms with Crippen LogP contribution in [0.3, 0.4) is 0 Å². The SMILES string of the molecule is CP(C)(=O)c1cc(C#N)cc(S(N)(=O)=O)c1. The molecule has 0 heterocycles. The van der Waals surface area contributed by atoms with Crippen LogP contribution < -0.4 is 10.4 Å². The Morgan fingerprint density at radius 3 is 2.25 bits per heavy atom. The van der Waals surface area contributed by atoms with Crippen molar-refractivity contribution in [2.24, 2.45) is 5.14 Å². The molecule has 7 heteroatoms. The van der Waals surface area contributed by atoms with Gasteiger partial charge in [0.2, 0.25) is 10.0 Å². The zero-order valence-electron chi connectivity index (χ0n) is 8.84. The fraction of sp³-hybridized carbons (Fsp3) is 0.222. The largest absolute Gasteiger partial charge is 0.319 e.